The minimum atomic E-state index is -0.810. The van der Waals surface area contributed by atoms with Crippen LogP contribution in [0.2, 0.25) is 0 Å². The highest BCUT2D eigenvalue weighted by molar-refractivity contribution is 5.86. The van der Waals surface area contributed by atoms with Crippen molar-refractivity contribution in [2.45, 2.75) is 18.8 Å². The quantitative estimate of drug-likeness (QED) is 0.755. The fraction of sp³-hybridized carbons (Fsp3) is 0.400. The normalized spacial score (nSPS) is 14.9. The molecular weight excluding hydrogens is 254 g/mol. The Balaban J connectivity index is 1.75. The molecule has 1 fully saturated rings. The Labute approximate surface area is 118 Å². The maximum atomic E-state index is 11.9. The average molecular weight is 271 g/mol. The molecule has 0 bridgehead atoms. The Morgan fingerprint density at radius 2 is 1.85 bits per heavy atom. The third-order valence-corrected chi connectivity index (χ3v) is 3.20. The summed E-state index contributed by atoms with van der Waals surface area (Å²) in [6.45, 7) is 0.732. The van der Waals surface area contributed by atoms with Gasteiger partial charge < -0.3 is 10.6 Å². The molecule has 0 aliphatic heterocycles. The van der Waals surface area contributed by atoms with Crippen molar-refractivity contribution >= 4 is 11.8 Å². The number of hydrogen-bond donors (Lipinski definition) is 2. The zero-order chi connectivity index (χ0) is 14.4. The lowest BCUT2D eigenvalue weighted by molar-refractivity contribution is -0.123. The standard InChI is InChI=1S/C15H17N3O2/c16-10-13(11-4-2-1-3-5-11)15(20)18-9-8-17-14(19)12-6-7-12/h1-5,12-13H,6-9H2,(H,17,19)(H,18,20). The summed E-state index contributed by atoms with van der Waals surface area (Å²) in [7, 11) is 0. The predicted molar refractivity (Wildman–Crippen MR) is 73.5 cm³/mol. The van der Waals surface area contributed by atoms with E-state index in [1.54, 1.807) is 24.3 Å². The highest BCUT2D eigenvalue weighted by Gasteiger charge is 2.29. The Morgan fingerprint density at radius 3 is 2.45 bits per heavy atom. The van der Waals surface area contributed by atoms with Gasteiger partial charge in [-0.05, 0) is 18.4 Å². The van der Waals surface area contributed by atoms with Gasteiger partial charge in [-0.2, -0.15) is 5.26 Å². The van der Waals surface area contributed by atoms with Gasteiger partial charge in [-0.3, -0.25) is 9.59 Å². The second-order valence-corrected chi connectivity index (χ2v) is 4.83. The zero-order valence-electron chi connectivity index (χ0n) is 11.1. The second-order valence-electron chi connectivity index (χ2n) is 4.83. The summed E-state index contributed by atoms with van der Waals surface area (Å²) in [5.41, 5.74) is 0.675. The van der Waals surface area contributed by atoms with Crippen LogP contribution in [0.15, 0.2) is 30.3 Å². The van der Waals surface area contributed by atoms with Gasteiger partial charge in [0, 0.05) is 19.0 Å². The van der Waals surface area contributed by atoms with Crippen LogP contribution in [0.1, 0.15) is 24.3 Å². The van der Waals surface area contributed by atoms with Crippen molar-refractivity contribution in [3.8, 4) is 6.07 Å². The van der Waals surface area contributed by atoms with Crippen LogP contribution in [0, 0.1) is 17.2 Å². The lowest BCUT2D eigenvalue weighted by Gasteiger charge is -2.11. The summed E-state index contributed by atoms with van der Waals surface area (Å²) in [6, 6.07) is 10.9. The maximum absolute atomic E-state index is 11.9. The molecule has 1 unspecified atom stereocenters. The van der Waals surface area contributed by atoms with Gasteiger partial charge in [0.15, 0.2) is 0 Å². The lowest BCUT2D eigenvalue weighted by atomic mass is 10.00. The monoisotopic (exact) mass is 271 g/mol. The Bertz CT molecular complexity index is 518. The fourth-order valence-electron chi connectivity index (χ4n) is 1.89. The molecule has 0 aromatic heterocycles. The summed E-state index contributed by atoms with van der Waals surface area (Å²) >= 11 is 0. The van der Waals surface area contributed by atoms with Gasteiger partial charge in [0.1, 0.15) is 5.92 Å². The van der Waals surface area contributed by atoms with E-state index in [1.165, 1.54) is 0 Å². The van der Waals surface area contributed by atoms with Gasteiger partial charge in [0.05, 0.1) is 6.07 Å². The third-order valence-electron chi connectivity index (χ3n) is 3.20. The van der Waals surface area contributed by atoms with Crippen LogP contribution in [0.3, 0.4) is 0 Å². The Hall–Kier alpha value is -2.35. The van der Waals surface area contributed by atoms with Crippen molar-refractivity contribution in [1.29, 1.82) is 5.26 Å². The number of amides is 2. The van der Waals surface area contributed by atoms with E-state index in [2.05, 4.69) is 10.6 Å². The molecule has 20 heavy (non-hydrogen) atoms. The molecule has 5 nitrogen and oxygen atoms in total. The molecular formula is C15H17N3O2. The van der Waals surface area contributed by atoms with Gasteiger partial charge >= 0.3 is 0 Å². The van der Waals surface area contributed by atoms with Crippen LogP contribution in [-0.4, -0.2) is 24.9 Å². The highest BCUT2D eigenvalue weighted by Crippen LogP contribution is 2.28. The fourth-order valence-corrected chi connectivity index (χ4v) is 1.89. The maximum Gasteiger partial charge on any atom is 0.241 e. The molecule has 0 spiro atoms. The summed E-state index contributed by atoms with van der Waals surface area (Å²) in [4.78, 5) is 23.3. The van der Waals surface area contributed by atoms with E-state index in [0.717, 1.165) is 12.8 Å². The van der Waals surface area contributed by atoms with Gasteiger partial charge in [-0.15, -0.1) is 0 Å². The van der Waals surface area contributed by atoms with Crippen molar-refractivity contribution in [2.24, 2.45) is 5.92 Å². The van der Waals surface area contributed by atoms with Crippen molar-refractivity contribution in [3.05, 3.63) is 35.9 Å². The third kappa shape index (κ3) is 3.82. The number of carbonyl (C=O) groups is 2. The number of nitrogens with zero attached hydrogens (tertiary/aromatic N) is 1. The number of hydrogen-bond acceptors (Lipinski definition) is 3. The minimum Gasteiger partial charge on any atom is -0.354 e. The van der Waals surface area contributed by atoms with Crippen LogP contribution in [0.5, 0.6) is 0 Å². The van der Waals surface area contributed by atoms with E-state index in [0.29, 0.717) is 18.7 Å². The second kappa shape index (κ2) is 6.71. The van der Waals surface area contributed by atoms with Crippen LogP contribution >= 0.6 is 0 Å². The molecule has 1 atom stereocenters. The first kappa shape index (κ1) is 14.1. The number of carbonyl (C=O) groups excluding carboxylic acids is 2. The van der Waals surface area contributed by atoms with E-state index in [-0.39, 0.29) is 17.7 Å². The predicted octanol–water partition coefficient (Wildman–Crippen LogP) is 0.936. The van der Waals surface area contributed by atoms with Crippen LogP contribution in [-0.2, 0) is 9.59 Å². The van der Waals surface area contributed by atoms with Crippen LogP contribution in [0.25, 0.3) is 0 Å². The average Bonchev–Trinajstić information content (AvgIpc) is 3.30. The zero-order valence-corrected chi connectivity index (χ0v) is 11.1. The summed E-state index contributed by atoms with van der Waals surface area (Å²) in [6.07, 6.45) is 1.92. The summed E-state index contributed by atoms with van der Waals surface area (Å²) in [5.74, 6) is -0.921. The van der Waals surface area contributed by atoms with E-state index in [4.69, 9.17) is 5.26 Å². The highest BCUT2D eigenvalue weighted by atomic mass is 16.2. The number of nitrogens with one attached hydrogen (secondary N) is 2. The molecule has 1 aromatic carbocycles. The van der Waals surface area contributed by atoms with Gasteiger partial charge in [0.25, 0.3) is 0 Å². The van der Waals surface area contributed by atoms with Gasteiger partial charge in [0.2, 0.25) is 11.8 Å². The van der Waals surface area contributed by atoms with Crippen LogP contribution < -0.4 is 10.6 Å². The molecule has 1 aliphatic rings. The molecule has 2 N–H and O–H groups in total. The first-order chi connectivity index (χ1) is 9.72. The molecule has 0 radical (unpaired) electrons. The smallest absolute Gasteiger partial charge is 0.241 e. The molecule has 0 saturated heterocycles. The summed E-state index contributed by atoms with van der Waals surface area (Å²) in [5, 5.41) is 14.5. The molecule has 1 aromatic rings. The van der Waals surface area contributed by atoms with E-state index >= 15 is 0 Å². The van der Waals surface area contributed by atoms with Crippen molar-refractivity contribution in [1.82, 2.24) is 10.6 Å². The first-order valence-electron chi connectivity index (χ1n) is 6.72. The molecule has 1 saturated carbocycles. The molecule has 104 valence electrons. The Morgan fingerprint density at radius 1 is 1.20 bits per heavy atom. The molecule has 5 heteroatoms. The van der Waals surface area contributed by atoms with Crippen LogP contribution in [0.4, 0.5) is 0 Å². The number of nitriles is 1. The molecule has 2 rings (SSSR count). The largest absolute Gasteiger partial charge is 0.354 e. The van der Waals surface area contributed by atoms with E-state index < -0.39 is 5.92 Å². The SMILES string of the molecule is N#CC(C(=O)NCCNC(=O)C1CC1)c1ccccc1. The number of benzene rings is 1. The minimum absolute atomic E-state index is 0.0548. The lowest BCUT2D eigenvalue weighted by Crippen LogP contribution is -2.37. The van der Waals surface area contributed by atoms with E-state index in [9.17, 15) is 9.59 Å². The van der Waals surface area contributed by atoms with Crippen molar-refractivity contribution in [2.75, 3.05) is 13.1 Å². The Kier molecular flexibility index (Phi) is 4.72. The molecule has 1 aliphatic carbocycles. The van der Waals surface area contributed by atoms with E-state index in [1.807, 2.05) is 12.1 Å². The van der Waals surface area contributed by atoms with Gasteiger partial charge in [-0.1, -0.05) is 30.3 Å². The van der Waals surface area contributed by atoms with Gasteiger partial charge in [-0.25, -0.2) is 0 Å². The summed E-state index contributed by atoms with van der Waals surface area (Å²) < 4.78 is 0. The van der Waals surface area contributed by atoms with Crippen molar-refractivity contribution < 1.29 is 9.59 Å². The molecule has 0 heterocycles. The number of rotatable bonds is 6. The topological polar surface area (TPSA) is 82.0 Å². The van der Waals surface area contributed by atoms with Crippen molar-refractivity contribution in [3.63, 3.8) is 0 Å². The first-order valence-corrected chi connectivity index (χ1v) is 6.72. The molecule has 2 amide bonds.